The van der Waals surface area contributed by atoms with Gasteiger partial charge in [0.1, 0.15) is 5.75 Å². The Hall–Kier alpha value is -2.33. The van der Waals surface area contributed by atoms with Gasteiger partial charge in [-0.2, -0.15) is 0 Å². The van der Waals surface area contributed by atoms with Gasteiger partial charge in [-0.1, -0.05) is 49.4 Å². The van der Waals surface area contributed by atoms with Crippen LogP contribution in [0.4, 0.5) is 0 Å². The second-order valence-corrected chi connectivity index (χ2v) is 7.76. The highest BCUT2D eigenvalue weighted by Gasteiger charge is 2.35. The van der Waals surface area contributed by atoms with Gasteiger partial charge in [-0.15, -0.1) is 0 Å². The Balaban J connectivity index is 1.70. The summed E-state index contributed by atoms with van der Waals surface area (Å²) in [4.78, 5) is 12.9. The number of nitrogens with one attached hydrogen (secondary N) is 1. The molecule has 1 unspecified atom stereocenters. The summed E-state index contributed by atoms with van der Waals surface area (Å²) in [7, 11) is 0. The molecule has 150 valence electrons. The minimum Gasteiger partial charge on any atom is -0.480 e. The van der Waals surface area contributed by atoms with E-state index >= 15 is 0 Å². The molecule has 1 aliphatic heterocycles. The van der Waals surface area contributed by atoms with Gasteiger partial charge >= 0.3 is 0 Å². The number of aryl methyl sites for hydroxylation is 2. The summed E-state index contributed by atoms with van der Waals surface area (Å²) in [5.74, 6) is 0.732. The van der Waals surface area contributed by atoms with Crippen molar-refractivity contribution in [1.29, 1.82) is 0 Å². The van der Waals surface area contributed by atoms with E-state index in [1.54, 1.807) is 0 Å². The molecule has 4 nitrogen and oxygen atoms in total. The third kappa shape index (κ3) is 4.74. The molecule has 0 radical (unpaired) electrons. The fourth-order valence-corrected chi connectivity index (χ4v) is 3.80. The predicted molar refractivity (Wildman–Crippen MR) is 112 cm³/mol. The summed E-state index contributed by atoms with van der Waals surface area (Å²) in [6.45, 7) is 8.07. The number of rotatable bonds is 7. The van der Waals surface area contributed by atoms with Crippen LogP contribution in [-0.4, -0.2) is 31.8 Å². The van der Waals surface area contributed by atoms with Crippen molar-refractivity contribution >= 4 is 5.91 Å². The SMILES string of the molecule is CCC(Oc1cc(C)ccc1C)C(=O)NCC1(c2ccccc2)CCOCC1. The number of ether oxygens (including phenoxy) is 2. The van der Waals surface area contributed by atoms with E-state index < -0.39 is 6.10 Å². The molecule has 1 atom stereocenters. The second-order valence-electron chi connectivity index (χ2n) is 7.76. The van der Waals surface area contributed by atoms with Crippen LogP contribution in [0.2, 0.25) is 0 Å². The van der Waals surface area contributed by atoms with Crippen LogP contribution in [0.15, 0.2) is 48.5 Å². The number of carbonyl (C=O) groups excluding carboxylic acids is 1. The molecule has 0 aromatic heterocycles. The van der Waals surface area contributed by atoms with Crippen molar-refractivity contribution in [3.8, 4) is 5.75 Å². The maximum Gasteiger partial charge on any atom is 0.261 e. The molecule has 2 aromatic rings. The first-order valence-corrected chi connectivity index (χ1v) is 10.2. The summed E-state index contributed by atoms with van der Waals surface area (Å²) in [5, 5.41) is 3.18. The van der Waals surface area contributed by atoms with Crippen LogP contribution in [0.25, 0.3) is 0 Å². The molecule has 0 bridgehead atoms. The van der Waals surface area contributed by atoms with Gasteiger partial charge in [0.05, 0.1) is 0 Å². The van der Waals surface area contributed by atoms with Crippen molar-refractivity contribution in [1.82, 2.24) is 5.32 Å². The van der Waals surface area contributed by atoms with E-state index in [-0.39, 0.29) is 11.3 Å². The van der Waals surface area contributed by atoms with Crippen LogP contribution in [0.5, 0.6) is 5.75 Å². The average molecular weight is 382 g/mol. The van der Waals surface area contributed by atoms with E-state index in [4.69, 9.17) is 9.47 Å². The fraction of sp³-hybridized carbons (Fsp3) is 0.458. The maximum absolute atomic E-state index is 12.9. The molecule has 0 aliphatic carbocycles. The minimum absolute atomic E-state index is 0.0507. The standard InChI is InChI=1S/C24H31NO3/c1-4-21(28-22-16-18(2)10-11-19(22)3)23(26)25-17-24(12-14-27-15-13-24)20-8-6-5-7-9-20/h5-11,16,21H,4,12-15,17H2,1-3H3,(H,25,26). The fourth-order valence-electron chi connectivity index (χ4n) is 3.80. The topological polar surface area (TPSA) is 47.6 Å². The number of hydrogen-bond donors (Lipinski definition) is 1. The van der Waals surface area contributed by atoms with Gasteiger partial charge < -0.3 is 14.8 Å². The molecule has 28 heavy (non-hydrogen) atoms. The normalized spacial score (nSPS) is 17.0. The average Bonchev–Trinajstić information content (AvgIpc) is 2.74. The lowest BCUT2D eigenvalue weighted by Gasteiger charge is -2.38. The van der Waals surface area contributed by atoms with Crippen molar-refractivity contribution in [2.45, 2.75) is 51.6 Å². The molecule has 1 amide bonds. The van der Waals surface area contributed by atoms with E-state index in [1.165, 1.54) is 5.56 Å². The van der Waals surface area contributed by atoms with Crippen LogP contribution < -0.4 is 10.1 Å². The number of benzene rings is 2. The molecule has 0 saturated carbocycles. The van der Waals surface area contributed by atoms with Crippen molar-refractivity contribution in [2.24, 2.45) is 0 Å². The van der Waals surface area contributed by atoms with Crippen LogP contribution in [-0.2, 0) is 14.9 Å². The van der Waals surface area contributed by atoms with Crippen molar-refractivity contribution in [3.63, 3.8) is 0 Å². The lowest BCUT2D eigenvalue weighted by Crippen LogP contribution is -2.48. The Labute approximate surface area is 168 Å². The molecule has 2 aromatic carbocycles. The van der Waals surface area contributed by atoms with Crippen LogP contribution >= 0.6 is 0 Å². The zero-order valence-corrected chi connectivity index (χ0v) is 17.2. The first kappa shape index (κ1) is 20.4. The van der Waals surface area contributed by atoms with E-state index in [9.17, 15) is 4.79 Å². The van der Waals surface area contributed by atoms with Gasteiger partial charge in [-0.25, -0.2) is 0 Å². The lowest BCUT2D eigenvalue weighted by atomic mass is 9.74. The van der Waals surface area contributed by atoms with E-state index in [2.05, 4.69) is 35.6 Å². The molecule has 1 heterocycles. The van der Waals surface area contributed by atoms with Crippen molar-refractivity contribution in [2.75, 3.05) is 19.8 Å². The predicted octanol–water partition coefficient (Wildman–Crippen LogP) is 4.33. The molecule has 3 rings (SSSR count). The quantitative estimate of drug-likeness (QED) is 0.777. The summed E-state index contributed by atoms with van der Waals surface area (Å²) in [6, 6.07) is 16.5. The van der Waals surface area contributed by atoms with Gasteiger partial charge in [-0.05, 0) is 55.9 Å². The largest absolute Gasteiger partial charge is 0.480 e. The Bertz CT molecular complexity index is 782. The van der Waals surface area contributed by atoms with Gasteiger partial charge in [0, 0.05) is 25.2 Å². The zero-order chi connectivity index (χ0) is 20.0. The lowest BCUT2D eigenvalue weighted by molar-refractivity contribution is -0.128. The van der Waals surface area contributed by atoms with Gasteiger partial charge in [-0.3, -0.25) is 4.79 Å². The molecular weight excluding hydrogens is 350 g/mol. The van der Waals surface area contributed by atoms with Gasteiger partial charge in [0.2, 0.25) is 0 Å². The number of hydrogen-bond acceptors (Lipinski definition) is 3. The summed E-state index contributed by atoms with van der Waals surface area (Å²) >= 11 is 0. The highest BCUT2D eigenvalue weighted by Crippen LogP contribution is 2.34. The second kappa shape index (κ2) is 9.24. The first-order chi connectivity index (χ1) is 13.5. The third-order valence-electron chi connectivity index (χ3n) is 5.71. The Morgan fingerprint density at radius 2 is 1.86 bits per heavy atom. The highest BCUT2D eigenvalue weighted by molar-refractivity contribution is 5.81. The van der Waals surface area contributed by atoms with Crippen LogP contribution in [0, 0.1) is 13.8 Å². The highest BCUT2D eigenvalue weighted by atomic mass is 16.5. The third-order valence-corrected chi connectivity index (χ3v) is 5.71. The molecule has 1 N–H and O–H groups in total. The van der Waals surface area contributed by atoms with Crippen molar-refractivity contribution in [3.05, 3.63) is 65.2 Å². The Morgan fingerprint density at radius 1 is 1.14 bits per heavy atom. The molecule has 1 saturated heterocycles. The Kier molecular flexibility index (Phi) is 6.74. The molecular formula is C24H31NO3. The molecule has 0 spiro atoms. The monoisotopic (exact) mass is 381 g/mol. The van der Waals surface area contributed by atoms with E-state index in [0.717, 1.165) is 42.9 Å². The first-order valence-electron chi connectivity index (χ1n) is 10.2. The van der Waals surface area contributed by atoms with E-state index in [0.29, 0.717) is 13.0 Å². The van der Waals surface area contributed by atoms with Crippen LogP contribution in [0.1, 0.15) is 42.9 Å². The maximum atomic E-state index is 12.9. The summed E-state index contributed by atoms with van der Waals surface area (Å²) < 4.78 is 11.7. The minimum atomic E-state index is -0.492. The molecule has 1 fully saturated rings. The van der Waals surface area contributed by atoms with Crippen LogP contribution in [0.3, 0.4) is 0 Å². The molecule has 1 aliphatic rings. The van der Waals surface area contributed by atoms with Gasteiger partial charge in [0.15, 0.2) is 6.10 Å². The summed E-state index contributed by atoms with van der Waals surface area (Å²) in [6.07, 6.45) is 1.95. The number of amides is 1. The van der Waals surface area contributed by atoms with Crippen molar-refractivity contribution < 1.29 is 14.3 Å². The number of carbonyl (C=O) groups is 1. The van der Waals surface area contributed by atoms with E-state index in [1.807, 2.05) is 39.0 Å². The van der Waals surface area contributed by atoms with Gasteiger partial charge in [0.25, 0.3) is 5.91 Å². The zero-order valence-electron chi connectivity index (χ0n) is 17.2. The smallest absolute Gasteiger partial charge is 0.261 e. The molecule has 4 heteroatoms. The Morgan fingerprint density at radius 3 is 2.54 bits per heavy atom. The summed E-state index contributed by atoms with van der Waals surface area (Å²) in [5.41, 5.74) is 3.36.